The van der Waals surface area contributed by atoms with Crippen LogP contribution in [-0.4, -0.2) is 48.0 Å². The van der Waals surface area contributed by atoms with Gasteiger partial charge in [0.05, 0.1) is 18.3 Å². The van der Waals surface area contributed by atoms with Crippen molar-refractivity contribution in [2.75, 3.05) is 19.6 Å². The Labute approximate surface area is 80.7 Å². The molecule has 3 nitrogen and oxygen atoms in total. The monoisotopic (exact) mass is 187 g/mol. The molecule has 1 heterocycles. The average molecular weight is 187 g/mol. The van der Waals surface area contributed by atoms with E-state index < -0.39 is 0 Å². The van der Waals surface area contributed by atoms with E-state index in [4.69, 9.17) is 4.74 Å². The standard InChI is InChI=1S/C10H21NO2/c1-4-10(12)7-11-5-8(2)13-9(3)6-11/h8-10,12H,4-7H2,1-3H3/t8-,9+,10?. The first-order chi connectivity index (χ1) is 6.11. The van der Waals surface area contributed by atoms with Gasteiger partial charge in [0.15, 0.2) is 0 Å². The van der Waals surface area contributed by atoms with E-state index in [1.807, 2.05) is 6.92 Å². The summed E-state index contributed by atoms with van der Waals surface area (Å²) in [6.07, 6.45) is 1.25. The minimum Gasteiger partial charge on any atom is -0.392 e. The highest BCUT2D eigenvalue weighted by atomic mass is 16.5. The van der Waals surface area contributed by atoms with Crippen LogP contribution in [0, 0.1) is 0 Å². The molecule has 13 heavy (non-hydrogen) atoms. The molecular weight excluding hydrogens is 166 g/mol. The number of rotatable bonds is 3. The summed E-state index contributed by atoms with van der Waals surface area (Å²) in [5, 5.41) is 9.50. The highest BCUT2D eigenvalue weighted by Crippen LogP contribution is 2.11. The minimum atomic E-state index is -0.183. The molecule has 0 spiro atoms. The zero-order valence-corrected chi connectivity index (χ0v) is 8.86. The van der Waals surface area contributed by atoms with Gasteiger partial charge in [-0.2, -0.15) is 0 Å². The molecule has 1 aliphatic heterocycles. The number of hydrogen-bond acceptors (Lipinski definition) is 3. The third-order valence-corrected chi connectivity index (χ3v) is 2.44. The molecule has 1 fully saturated rings. The Morgan fingerprint density at radius 3 is 2.38 bits per heavy atom. The number of nitrogens with zero attached hydrogens (tertiary/aromatic N) is 1. The van der Waals surface area contributed by atoms with E-state index in [-0.39, 0.29) is 6.10 Å². The Morgan fingerprint density at radius 2 is 1.92 bits per heavy atom. The van der Waals surface area contributed by atoms with Crippen molar-refractivity contribution in [2.45, 2.75) is 45.5 Å². The fourth-order valence-electron chi connectivity index (χ4n) is 1.86. The van der Waals surface area contributed by atoms with Crippen LogP contribution in [-0.2, 0) is 4.74 Å². The van der Waals surface area contributed by atoms with Crippen LogP contribution in [0.5, 0.6) is 0 Å². The first-order valence-electron chi connectivity index (χ1n) is 5.17. The molecule has 0 aromatic rings. The van der Waals surface area contributed by atoms with Crippen molar-refractivity contribution < 1.29 is 9.84 Å². The zero-order chi connectivity index (χ0) is 9.84. The molecule has 3 atom stereocenters. The van der Waals surface area contributed by atoms with Crippen molar-refractivity contribution in [1.82, 2.24) is 4.90 Å². The van der Waals surface area contributed by atoms with Gasteiger partial charge < -0.3 is 9.84 Å². The molecule has 3 heteroatoms. The van der Waals surface area contributed by atoms with Gasteiger partial charge in [-0.1, -0.05) is 6.92 Å². The molecule has 1 aliphatic rings. The van der Waals surface area contributed by atoms with Gasteiger partial charge in [0, 0.05) is 19.6 Å². The summed E-state index contributed by atoms with van der Waals surface area (Å²) in [4.78, 5) is 2.28. The lowest BCUT2D eigenvalue weighted by Gasteiger charge is -2.36. The largest absolute Gasteiger partial charge is 0.392 e. The van der Waals surface area contributed by atoms with Gasteiger partial charge in [-0.15, -0.1) is 0 Å². The summed E-state index contributed by atoms with van der Waals surface area (Å²) in [7, 11) is 0. The van der Waals surface area contributed by atoms with Gasteiger partial charge >= 0.3 is 0 Å². The number of aliphatic hydroxyl groups excluding tert-OH is 1. The van der Waals surface area contributed by atoms with E-state index in [2.05, 4.69) is 18.7 Å². The second-order valence-electron chi connectivity index (χ2n) is 4.04. The van der Waals surface area contributed by atoms with E-state index in [9.17, 15) is 5.11 Å². The summed E-state index contributed by atoms with van der Waals surface area (Å²) in [5.74, 6) is 0. The Kier molecular flexibility index (Phi) is 4.16. The molecule has 1 N–H and O–H groups in total. The fraction of sp³-hybridized carbons (Fsp3) is 1.00. The van der Waals surface area contributed by atoms with Crippen molar-refractivity contribution >= 4 is 0 Å². The van der Waals surface area contributed by atoms with E-state index in [0.717, 1.165) is 26.1 Å². The van der Waals surface area contributed by atoms with Crippen LogP contribution >= 0.6 is 0 Å². The zero-order valence-electron chi connectivity index (χ0n) is 8.86. The SMILES string of the molecule is CCC(O)CN1C[C@@H](C)O[C@@H](C)C1. The molecule has 0 saturated carbocycles. The van der Waals surface area contributed by atoms with Crippen molar-refractivity contribution in [3.8, 4) is 0 Å². The molecule has 78 valence electrons. The van der Waals surface area contributed by atoms with Crippen LogP contribution in [0.3, 0.4) is 0 Å². The maximum atomic E-state index is 9.50. The number of morpholine rings is 1. The summed E-state index contributed by atoms with van der Waals surface area (Å²) >= 11 is 0. The summed E-state index contributed by atoms with van der Waals surface area (Å²) in [6.45, 7) is 8.86. The summed E-state index contributed by atoms with van der Waals surface area (Å²) in [6, 6.07) is 0. The highest BCUT2D eigenvalue weighted by Gasteiger charge is 2.22. The number of aliphatic hydroxyl groups is 1. The molecule has 0 aromatic heterocycles. The number of hydrogen-bond donors (Lipinski definition) is 1. The van der Waals surface area contributed by atoms with Crippen LogP contribution in [0.1, 0.15) is 27.2 Å². The van der Waals surface area contributed by atoms with Gasteiger partial charge in [-0.25, -0.2) is 0 Å². The highest BCUT2D eigenvalue weighted by molar-refractivity contribution is 4.74. The predicted molar refractivity (Wildman–Crippen MR) is 52.7 cm³/mol. The second kappa shape index (κ2) is 4.94. The number of β-amino-alcohol motifs (C(OH)–C–C–N with tert-alkyl or cyclic N) is 1. The van der Waals surface area contributed by atoms with Crippen LogP contribution in [0.2, 0.25) is 0 Å². The van der Waals surface area contributed by atoms with E-state index in [0.29, 0.717) is 12.2 Å². The maximum Gasteiger partial charge on any atom is 0.0678 e. The molecule has 0 aromatic carbocycles. The Bertz CT molecular complexity index is 142. The molecule has 0 aliphatic carbocycles. The van der Waals surface area contributed by atoms with Gasteiger partial charge in [0.25, 0.3) is 0 Å². The van der Waals surface area contributed by atoms with Crippen molar-refractivity contribution in [2.24, 2.45) is 0 Å². The maximum absolute atomic E-state index is 9.50. The Balaban J connectivity index is 2.32. The molecule has 1 saturated heterocycles. The molecular formula is C10H21NO2. The Hall–Kier alpha value is -0.120. The third-order valence-electron chi connectivity index (χ3n) is 2.44. The molecule has 0 radical (unpaired) electrons. The second-order valence-corrected chi connectivity index (χ2v) is 4.04. The third kappa shape index (κ3) is 3.63. The lowest BCUT2D eigenvalue weighted by atomic mass is 10.2. The van der Waals surface area contributed by atoms with E-state index in [1.165, 1.54) is 0 Å². The van der Waals surface area contributed by atoms with Gasteiger partial charge in [0.1, 0.15) is 0 Å². The van der Waals surface area contributed by atoms with Gasteiger partial charge in [-0.3, -0.25) is 4.90 Å². The molecule has 0 amide bonds. The van der Waals surface area contributed by atoms with E-state index >= 15 is 0 Å². The normalized spacial score (nSPS) is 33.2. The first-order valence-corrected chi connectivity index (χ1v) is 5.17. The summed E-state index contributed by atoms with van der Waals surface area (Å²) < 4.78 is 5.61. The summed E-state index contributed by atoms with van der Waals surface area (Å²) in [5.41, 5.74) is 0. The number of ether oxygens (including phenoxy) is 1. The lowest BCUT2D eigenvalue weighted by Crippen LogP contribution is -2.47. The quantitative estimate of drug-likeness (QED) is 0.711. The van der Waals surface area contributed by atoms with Crippen molar-refractivity contribution in [1.29, 1.82) is 0 Å². The van der Waals surface area contributed by atoms with Crippen LogP contribution in [0.15, 0.2) is 0 Å². The van der Waals surface area contributed by atoms with Crippen LogP contribution < -0.4 is 0 Å². The molecule has 1 rings (SSSR count). The van der Waals surface area contributed by atoms with Crippen LogP contribution in [0.4, 0.5) is 0 Å². The molecule has 1 unspecified atom stereocenters. The van der Waals surface area contributed by atoms with E-state index in [1.54, 1.807) is 0 Å². The fourth-order valence-corrected chi connectivity index (χ4v) is 1.86. The van der Waals surface area contributed by atoms with Crippen LogP contribution in [0.25, 0.3) is 0 Å². The van der Waals surface area contributed by atoms with Gasteiger partial charge in [0.2, 0.25) is 0 Å². The smallest absolute Gasteiger partial charge is 0.0678 e. The first kappa shape index (κ1) is 11.0. The topological polar surface area (TPSA) is 32.7 Å². The average Bonchev–Trinajstić information content (AvgIpc) is 2.02. The van der Waals surface area contributed by atoms with Crippen molar-refractivity contribution in [3.63, 3.8) is 0 Å². The Morgan fingerprint density at radius 1 is 1.38 bits per heavy atom. The van der Waals surface area contributed by atoms with Crippen molar-refractivity contribution in [3.05, 3.63) is 0 Å². The lowest BCUT2D eigenvalue weighted by molar-refractivity contribution is -0.0765. The molecule has 0 bridgehead atoms. The predicted octanol–water partition coefficient (Wildman–Crippen LogP) is 0.866. The van der Waals surface area contributed by atoms with Gasteiger partial charge in [-0.05, 0) is 20.3 Å². The minimum absolute atomic E-state index is 0.183.